The van der Waals surface area contributed by atoms with Crippen molar-refractivity contribution in [3.05, 3.63) is 34.0 Å². The third-order valence-corrected chi connectivity index (χ3v) is 3.55. The Morgan fingerprint density at radius 3 is 2.69 bits per heavy atom. The van der Waals surface area contributed by atoms with Crippen molar-refractivity contribution in [2.75, 3.05) is 0 Å². The molecule has 2 nitrogen and oxygen atoms in total. The van der Waals surface area contributed by atoms with Crippen molar-refractivity contribution in [2.24, 2.45) is 5.73 Å². The van der Waals surface area contributed by atoms with Crippen molar-refractivity contribution < 1.29 is 4.42 Å². The molecule has 2 aromatic rings. The van der Waals surface area contributed by atoms with Gasteiger partial charge in [0, 0.05) is 22.0 Å². The van der Waals surface area contributed by atoms with Gasteiger partial charge in [-0.15, -0.1) is 0 Å². The molecule has 16 heavy (non-hydrogen) atoms. The monoisotopic (exact) mass is 237 g/mol. The zero-order valence-electron chi connectivity index (χ0n) is 9.80. The predicted octanol–water partition coefficient (Wildman–Crippen LogP) is 3.59. The van der Waals surface area contributed by atoms with Crippen molar-refractivity contribution in [3.8, 4) is 0 Å². The number of furan rings is 1. The number of rotatable bonds is 2. The summed E-state index contributed by atoms with van der Waals surface area (Å²) in [4.78, 5) is 0. The molecule has 0 fully saturated rings. The molecule has 1 atom stereocenters. The van der Waals surface area contributed by atoms with Gasteiger partial charge in [0.1, 0.15) is 5.58 Å². The summed E-state index contributed by atoms with van der Waals surface area (Å²) in [6, 6.07) is 2.06. The molecule has 2 N–H and O–H groups in total. The van der Waals surface area contributed by atoms with Crippen LogP contribution in [0.4, 0.5) is 0 Å². The number of benzene rings is 1. The molecule has 1 heterocycles. The maximum absolute atomic E-state index is 6.32. The van der Waals surface area contributed by atoms with Gasteiger partial charge < -0.3 is 10.2 Å². The molecule has 0 saturated carbocycles. The molecule has 0 aliphatic heterocycles. The predicted molar refractivity (Wildman–Crippen MR) is 68.1 cm³/mol. The van der Waals surface area contributed by atoms with E-state index in [1.165, 1.54) is 0 Å². The number of hydrogen-bond donors (Lipinski definition) is 1. The molecule has 0 aliphatic carbocycles. The van der Waals surface area contributed by atoms with Gasteiger partial charge in [-0.2, -0.15) is 0 Å². The zero-order chi connectivity index (χ0) is 11.9. The van der Waals surface area contributed by atoms with Crippen molar-refractivity contribution in [1.82, 2.24) is 0 Å². The van der Waals surface area contributed by atoms with Crippen LogP contribution in [0.15, 0.2) is 16.7 Å². The first kappa shape index (κ1) is 11.5. The van der Waals surface area contributed by atoms with Crippen molar-refractivity contribution in [2.45, 2.75) is 33.2 Å². The normalized spacial score (nSPS) is 13.3. The van der Waals surface area contributed by atoms with E-state index in [0.717, 1.165) is 39.1 Å². The molecule has 0 radical (unpaired) electrons. The van der Waals surface area contributed by atoms with Gasteiger partial charge >= 0.3 is 0 Å². The van der Waals surface area contributed by atoms with Crippen LogP contribution in [0.25, 0.3) is 11.0 Å². The summed E-state index contributed by atoms with van der Waals surface area (Å²) < 4.78 is 5.55. The van der Waals surface area contributed by atoms with Gasteiger partial charge in [0.05, 0.1) is 6.26 Å². The largest absolute Gasteiger partial charge is 0.464 e. The topological polar surface area (TPSA) is 39.2 Å². The van der Waals surface area contributed by atoms with Crippen LogP contribution in [0.1, 0.15) is 23.6 Å². The van der Waals surface area contributed by atoms with Gasteiger partial charge in [0.2, 0.25) is 0 Å². The fraction of sp³-hybridized carbons (Fsp3) is 0.385. The van der Waals surface area contributed by atoms with E-state index < -0.39 is 0 Å². The molecule has 0 amide bonds. The maximum atomic E-state index is 6.32. The highest BCUT2D eigenvalue weighted by molar-refractivity contribution is 6.33. The van der Waals surface area contributed by atoms with Crippen LogP contribution in [0.3, 0.4) is 0 Å². The molecule has 0 bridgehead atoms. The van der Waals surface area contributed by atoms with E-state index in [4.69, 9.17) is 21.8 Å². The molecule has 86 valence electrons. The molecule has 1 unspecified atom stereocenters. The summed E-state index contributed by atoms with van der Waals surface area (Å²) in [5.41, 5.74) is 10.1. The van der Waals surface area contributed by atoms with E-state index in [0.29, 0.717) is 0 Å². The van der Waals surface area contributed by atoms with Crippen LogP contribution in [0.5, 0.6) is 0 Å². The molecule has 3 heteroatoms. The van der Waals surface area contributed by atoms with Crippen LogP contribution >= 0.6 is 11.6 Å². The summed E-state index contributed by atoms with van der Waals surface area (Å²) in [6.07, 6.45) is 2.49. The Labute approximate surface area is 100 Å². The average molecular weight is 238 g/mol. The Balaban J connectivity index is 2.75. The number of fused-ring (bicyclic) bond motifs is 1. The van der Waals surface area contributed by atoms with Crippen LogP contribution in [-0.4, -0.2) is 6.04 Å². The first-order valence-electron chi connectivity index (χ1n) is 5.42. The lowest BCUT2D eigenvalue weighted by Gasteiger charge is -2.13. The van der Waals surface area contributed by atoms with Gasteiger partial charge in [-0.05, 0) is 44.4 Å². The minimum Gasteiger partial charge on any atom is -0.464 e. The quantitative estimate of drug-likeness (QED) is 0.867. The third kappa shape index (κ3) is 1.72. The highest BCUT2D eigenvalue weighted by Crippen LogP contribution is 2.34. The molecule has 0 spiro atoms. The standard InChI is InChI=1S/C13H16ClNO/c1-7(15)6-11-9(3)12(14)8(2)10-4-5-16-13(10)11/h4-5,7H,6,15H2,1-3H3. The van der Waals surface area contributed by atoms with Crippen LogP contribution in [0.2, 0.25) is 5.02 Å². The molecular weight excluding hydrogens is 222 g/mol. The minimum absolute atomic E-state index is 0.103. The summed E-state index contributed by atoms with van der Waals surface area (Å²) >= 11 is 6.32. The van der Waals surface area contributed by atoms with Gasteiger partial charge in [-0.1, -0.05) is 11.6 Å². The van der Waals surface area contributed by atoms with Gasteiger partial charge in [0.15, 0.2) is 0 Å². The summed E-state index contributed by atoms with van der Waals surface area (Å²) in [5, 5.41) is 1.91. The number of nitrogens with two attached hydrogens (primary N) is 1. The molecule has 1 aromatic heterocycles. The van der Waals surface area contributed by atoms with Gasteiger partial charge in [0.25, 0.3) is 0 Å². The lowest BCUT2D eigenvalue weighted by molar-refractivity contribution is 0.605. The Kier molecular flexibility index (Phi) is 2.96. The van der Waals surface area contributed by atoms with Crippen LogP contribution < -0.4 is 5.73 Å². The Hall–Kier alpha value is -0.990. The maximum Gasteiger partial charge on any atom is 0.137 e. The van der Waals surface area contributed by atoms with E-state index in [1.54, 1.807) is 6.26 Å². The second-order valence-corrected chi connectivity index (χ2v) is 4.77. The third-order valence-electron chi connectivity index (χ3n) is 2.98. The molecule has 2 rings (SSSR count). The van der Waals surface area contributed by atoms with Crippen LogP contribution in [-0.2, 0) is 6.42 Å². The van der Waals surface area contributed by atoms with Crippen LogP contribution in [0, 0.1) is 13.8 Å². The summed E-state index contributed by atoms with van der Waals surface area (Å²) in [6.45, 7) is 6.03. The zero-order valence-corrected chi connectivity index (χ0v) is 10.6. The lowest BCUT2D eigenvalue weighted by atomic mass is 9.97. The van der Waals surface area contributed by atoms with Gasteiger partial charge in [-0.25, -0.2) is 0 Å². The highest BCUT2D eigenvalue weighted by Gasteiger charge is 2.16. The van der Waals surface area contributed by atoms with Crippen molar-refractivity contribution >= 4 is 22.6 Å². The number of hydrogen-bond acceptors (Lipinski definition) is 2. The summed E-state index contributed by atoms with van der Waals surface area (Å²) in [5.74, 6) is 0. The van der Waals surface area contributed by atoms with E-state index >= 15 is 0 Å². The van der Waals surface area contributed by atoms with Crippen molar-refractivity contribution in [3.63, 3.8) is 0 Å². The highest BCUT2D eigenvalue weighted by atomic mass is 35.5. The second kappa shape index (κ2) is 4.11. The average Bonchev–Trinajstić information content (AvgIpc) is 2.69. The molecule has 1 aromatic carbocycles. The van der Waals surface area contributed by atoms with E-state index in [2.05, 4.69) is 0 Å². The first-order chi connectivity index (χ1) is 7.52. The Morgan fingerprint density at radius 2 is 2.06 bits per heavy atom. The molecular formula is C13H16ClNO. The molecule has 0 aliphatic rings. The summed E-state index contributed by atoms with van der Waals surface area (Å²) in [7, 11) is 0. The first-order valence-corrected chi connectivity index (χ1v) is 5.80. The number of halogens is 1. The Morgan fingerprint density at radius 1 is 1.38 bits per heavy atom. The Bertz CT molecular complexity index is 528. The molecule has 0 saturated heterocycles. The van der Waals surface area contributed by atoms with Crippen molar-refractivity contribution in [1.29, 1.82) is 0 Å². The second-order valence-electron chi connectivity index (χ2n) is 4.39. The number of aryl methyl sites for hydroxylation is 1. The fourth-order valence-electron chi connectivity index (χ4n) is 2.11. The van der Waals surface area contributed by atoms with E-state index in [1.807, 2.05) is 26.8 Å². The lowest BCUT2D eigenvalue weighted by Crippen LogP contribution is -2.18. The fourth-order valence-corrected chi connectivity index (χ4v) is 2.32. The van der Waals surface area contributed by atoms with Gasteiger partial charge in [-0.3, -0.25) is 0 Å². The van der Waals surface area contributed by atoms with E-state index in [9.17, 15) is 0 Å². The SMILES string of the molecule is Cc1c(Cl)c(C)c2ccoc2c1CC(C)N. The minimum atomic E-state index is 0.103. The smallest absolute Gasteiger partial charge is 0.137 e. The van der Waals surface area contributed by atoms with E-state index in [-0.39, 0.29) is 6.04 Å².